The molecular weight excluding hydrogens is 371 g/mol. The number of nitro groups is 1. The molecule has 0 bridgehead atoms. The first-order chi connectivity index (χ1) is 9.61. The molecule has 0 radical (unpaired) electrons. The minimum atomic E-state index is -0.382. The predicted molar refractivity (Wildman–Crippen MR) is 86.1 cm³/mol. The van der Waals surface area contributed by atoms with Gasteiger partial charge in [-0.1, -0.05) is 18.2 Å². The zero-order valence-corrected chi connectivity index (χ0v) is 13.0. The number of nitrogens with zero attached hydrogens (tertiary/aromatic N) is 1. The molecule has 0 unspecified atom stereocenters. The Bertz CT molecular complexity index is 632. The number of nitrogens with one attached hydrogen (secondary N) is 1. The van der Waals surface area contributed by atoms with Crippen molar-refractivity contribution < 1.29 is 9.66 Å². The Morgan fingerprint density at radius 2 is 2.05 bits per heavy atom. The van der Waals surface area contributed by atoms with Gasteiger partial charge in [-0.25, -0.2) is 0 Å². The molecule has 0 atom stereocenters. The van der Waals surface area contributed by atoms with Crippen molar-refractivity contribution in [1.29, 1.82) is 0 Å². The van der Waals surface area contributed by atoms with Crippen LogP contribution in [0.25, 0.3) is 0 Å². The summed E-state index contributed by atoms with van der Waals surface area (Å²) in [5.41, 5.74) is 1.52. The van der Waals surface area contributed by atoms with Crippen molar-refractivity contribution in [2.45, 2.75) is 6.54 Å². The predicted octanol–water partition coefficient (Wildman–Crippen LogP) is 3.82. The van der Waals surface area contributed by atoms with Gasteiger partial charge in [0.25, 0.3) is 5.69 Å². The lowest BCUT2D eigenvalue weighted by Gasteiger charge is -2.10. The fourth-order valence-corrected chi connectivity index (χ4v) is 2.32. The first-order valence-electron chi connectivity index (χ1n) is 5.91. The number of rotatable bonds is 5. The molecule has 2 rings (SSSR count). The molecule has 5 nitrogen and oxygen atoms in total. The summed E-state index contributed by atoms with van der Waals surface area (Å²) in [5, 5.41) is 14.1. The average Bonchev–Trinajstić information content (AvgIpc) is 2.46. The molecule has 0 heterocycles. The molecule has 2 aromatic carbocycles. The Kier molecular flexibility index (Phi) is 4.78. The van der Waals surface area contributed by atoms with E-state index in [0.29, 0.717) is 12.2 Å². The lowest BCUT2D eigenvalue weighted by atomic mass is 10.2. The smallest absolute Gasteiger partial charge is 0.293 e. The van der Waals surface area contributed by atoms with Crippen molar-refractivity contribution in [2.75, 3.05) is 12.4 Å². The summed E-state index contributed by atoms with van der Waals surface area (Å²) in [6.07, 6.45) is 0. The quantitative estimate of drug-likeness (QED) is 0.484. The molecule has 1 N–H and O–H groups in total. The van der Waals surface area contributed by atoms with E-state index in [4.69, 9.17) is 4.74 Å². The van der Waals surface area contributed by atoms with E-state index in [1.165, 1.54) is 0 Å². The lowest BCUT2D eigenvalue weighted by molar-refractivity contribution is -0.384. The molecule has 0 aliphatic heterocycles. The molecular formula is C14H13IN2O3. The first-order valence-corrected chi connectivity index (χ1v) is 6.99. The maximum absolute atomic E-state index is 11.0. The van der Waals surface area contributed by atoms with Crippen molar-refractivity contribution in [1.82, 2.24) is 0 Å². The molecule has 0 saturated heterocycles. The monoisotopic (exact) mass is 384 g/mol. The van der Waals surface area contributed by atoms with Crippen molar-refractivity contribution in [3.63, 3.8) is 0 Å². The highest BCUT2D eigenvalue weighted by Gasteiger charge is 2.14. The molecule has 0 aliphatic rings. The zero-order chi connectivity index (χ0) is 14.5. The first kappa shape index (κ1) is 14.6. The summed E-state index contributed by atoms with van der Waals surface area (Å²) >= 11 is 2.05. The highest BCUT2D eigenvalue weighted by Crippen LogP contribution is 2.27. The van der Waals surface area contributed by atoms with Crippen molar-refractivity contribution in [3.8, 4) is 5.75 Å². The summed E-state index contributed by atoms with van der Waals surface area (Å²) < 4.78 is 6.09. The van der Waals surface area contributed by atoms with E-state index >= 15 is 0 Å². The normalized spacial score (nSPS) is 10.1. The van der Waals surface area contributed by atoms with Gasteiger partial charge < -0.3 is 10.1 Å². The second-order valence-electron chi connectivity index (χ2n) is 4.08. The van der Waals surface area contributed by atoms with Crippen LogP contribution in [0, 0.1) is 13.7 Å². The minimum Gasteiger partial charge on any atom is -0.496 e. The van der Waals surface area contributed by atoms with E-state index in [9.17, 15) is 10.1 Å². The highest BCUT2D eigenvalue weighted by molar-refractivity contribution is 14.1. The third kappa shape index (κ3) is 3.38. The number of nitro benzene ring substituents is 1. The lowest BCUT2D eigenvalue weighted by Crippen LogP contribution is -2.04. The van der Waals surface area contributed by atoms with E-state index in [2.05, 4.69) is 27.9 Å². The van der Waals surface area contributed by atoms with Gasteiger partial charge in [-0.2, -0.15) is 0 Å². The Morgan fingerprint density at radius 1 is 1.30 bits per heavy atom. The Hall–Kier alpha value is -1.83. The van der Waals surface area contributed by atoms with E-state index in [0.717, 1.165) is 14.9 Å². The number of halogens is 1. The fourth-order valence-electron chi connectivity index (χ4n) is 1.84. The summed E-state index contributed by atoms with van der Waals surface area (Å²) in [6.45, 7) is 0.464. The van der Waals surface area contributed by atoms with Crippen LogP contribution < -0.4 is 10.1 Å². The van der Waals surface area contributed by atoms with E-state index in [1.54, 1.807) is 19.2 Å². The average molecular weight is 384 g/mol. The molecule has 0 aromatic heterocycles. The molecule has 0 saturated carbocycles. The largest absolute Gasteiger partial charge is 0.496 e. The van der Waals surface area contributed by atoms with Gasteiger partial charge in [-0.05, 0) is 40.8 Å². The second-order valence-corrected chi connectivity index (χ2v) is 5.33. The van der Waals surface area contributed by atoms with Crippen LogP contribution in [0.2, 0.25) is 0 Å². The number of para-hydroxylation sites is 1. The van der Waals surface area contributed by atoms with Crippen LogP contribution in [-0.2, 0) is 6.54 Å². The number of methoxy groups -OCH3 is 1. The van der Waals surface area contributed by atoms with Gasteiger partial charge >= 0.3 is 0 Å². The molecule has 6 heteroatoms. The third-order valence-corrected chi connectivity index (χ3v) is 3.49. The Balaban J connectivity index is 2.21. The van der Waals surface area contributed by atoms with Crippen LogP contribution in [0.1, 0.15) is 5.56 Å². The molecule has 104 valence electrons. The van der Waals surface area contributed by atoms with E-state index in [-0.39, 0.29) is 10.6 Å². The summed E-state index contributed by atoms with van der Waals surface area (Å²) in [6, 6.07) is 12.7. The van der Waals surface area contributed by atoms with Gasteiger partial charge in [0, 0.05) is 21.7 Å². The summed E-state index contributed by atoms with van der Waals surface area (Å²) in [4.78, 5) is 10.7. The molecule has 0 fully saturated rings. The molecule has 20 heavy (non-hydrogen) atoms. The molecule has 0 aliphatic carbocycles. The number of ether oxygens (including phenoxy) is 1. The number of benzene rings is 2. The number of anilines is 1. The van der Waals surface area contributed by atoms with Gasteiger partial charge in [0.1, 0.15) is 11.4 Å². The van der Waals surface area contributed by atoms with E-state index < -0.39 is 0 Å². The SMILES string of the molecule is COc1ccccc1CNc1ccc(I)cc1[N+](=O)[O-]. The molecule has 0 spiro atoms. The van der Waals surface area contributed by atoms with Gasteiger partial charge in [0.15, 0.2) is 0 Å². The topological polar surface area (TPSA) is 64.4 Å². The summed E-state index contributed by atoms with van der Waals surface area (Å²) in [5.74, 6) is 0.758. The van der Waals surface area contributed by atoms with Gasteiger partial charge in [-0.15, -0.1) is 0 Å². The standard InChI is InChI=1S/C14H13IN2O3/c1-20-14-5-3-2-4-10(14)9-16-12-7-6-11(15)8-13(12)17(18)19/h2-8,16H,9H2,1H3. The number of hydrogen-bond acceptors (Lipinski definition) is 4. The maximum atomic E-state index is 11.0. The van der Waals surface area contributed by atoms with Crippen LogP contribution in [0.3, 0.4) is 0 Å². The van der Waals surface area contributed by atoms with Crippen LogP contribution in [0.4, 0.5) is 11.4 Å². The van der Waals surface area contributed by atoms with Gasteiger partial charge in [0.05, 0.1) is 12.0 Å². The van der Waals surface area contributed by atoms with Crippen LogP contribution >= 0.6 is 22.6 Å². The number of hydrogen-bond donors (Lipinski definition) is 1. The minimum absolute atomic E-state index is 0.0757. The fraction of sp³-hybridized carbons (Fsp3) is 0.143. The third-order valence-electron chi connectivity index (χ3n) is 2.82. The Labute approximate surface area is 130 Å². The van der Waals surface area contributed by atoms with Crippen molar-refractivity contribution >= 4 is 34.0 Å². The summed E-state index contributed by atoms with van der Waals surface area (Å²) in [7, 11) is 1.60. The van der Waals surface area contributed by atoms with Gasteiger partial charge in [0.2, 0.25) is 0 Å². The van der Waals surface area contributed by atoms with Crippen LogP contribution in [0.5, 0.6) is 5.75 Å². The second kappa shape index (κ2) is 6.56. The maximum Gasteiger partial charge on any atom is 0.293 e. The highest BCUT2D eigenvalue weighted by atomic mass is 127. The van der Waals surface area contributed by atoms with Crippen LogP contribution in [0.15, 0.2) is 42.5 Å². The molecule has 0 amide bonds. The van der Waals surface area contributed by atoms with Crippen molar-refractivity contribution in [3.05, 3.63) is 61.7 Å². The Morgan fingerprint density at radius 3 is 2.75 bits per heavy atom. The zero-order valence-electron chi connectivity index (χ0n) is 10.8. The van der Waals surface area contributed by atoms with Crippen LogP contribution in [-0.4, -0.2) is 12.0 Å². The molecule has 2 aromatic rings. The van der Waals surface area contributed by atoms with Gasteiger partial charge in [-0.3, -0.25) is 10.1 Å². The van der Waals surface area contributed by atoms with Crippen molar-refractivity contribution in [2.24, 2.45) is 0 Å². The van der Waals surface area contributed by atoms with E-state index in [1.807, 2.05) is 30.3 Å².